The van der Waals surface area contributed by atoms with Crippen LogP contribution in [0.25, 0.3) is 0 Å². The third kappa shape index (κ3) is 30.8. The van der Waals surface area contributed by atoms with Crippen molar-refractivity contribution >= 4 is 5.97 Å². The van der Waals surface area contributed by atoms with Crippen molar-refractivity contribution in [2.45, 2.75) is 226 Å². The lowest BCUT2D eigenvalue weighted by Crippen LogP contribution is -2.29. The Morgan fingerprint density at radius 2 is 0.857 bits per heavy atom. The topological polar surface area (TPSA) is 55.8 Å². The van der Waals surface area contributed by atoms with Gasteiger partial charge in [-0.25, -0.2) is 0 Å². The number of aliphatic hydroxyl groups excluding tert-OH is 1. The first-order chi connectivity index (χ1) is 20.7. The van der Waals surface area contributed by atoms with Crippen LogP contribution in [0.1, 0.15) is 213 Å². The standard InChI is InChI=1S/C38H76O4/c1-4-7-10-13-16-18-24-29-34-41-37(36(39)31-26-21-15-12-9-6-3)32-27-22-20-23-28-33-38(40)42-35-30-25-19-17-14-11-8-5-2/h36-37,39H,4-35H2,1-3H3. The van der Waals surface area contributed by atoms with Crippen LogP contribution in [-0.2, 0) is 14.3 Å². The summed E-state index contributed by atoms with van der Waals surface area (Å²) in [6, 6.07) is 0. The Bertz CT molecular complexity index is 523. The summed E-state index contributed by atoms with van der Waals surface area (Å²) in [7, 11) is 0. The molecule has 0 heterocycles. The van der Waals surface area contributed by atoms with Gasteiger partial charge in [0, 0.05) is 13.0 Å². The average molecular weight is 597 g/mol. The van der Waals surface area contributed by atoms with Gasteiger partial charge >= 0.3 is 5.97 Å². The van der Waals surface area contributed by atoms with Crippen molar-refractivity contribution in [3.8, 4) is 0 Å². The van der Waals surface area contributed by atoms with E-state index in [0.717, 1.165) is 70.8 Å². The van der Waals surface area contributed by atoms with Gasteiger partial charge in [0.15, 0.2) is 0 Å². The van der Waals surface area contributed by atoms with E-state index in [1.165, 1.54) is 122 Å². The van der Waals surface area contributed by atoms with E-state index in [1.54, 1.807) is 0 Å². The maximum Gasteiger partial charge on any atom is 0.305 e. The van der Waals surface area contributed by atoms with Gasteiger partial charge in [0.25, 0.3) is 0 Å². The lowest BCUT2D eigenvalue weighted by Gasteiger charge is -2.24. The first-order valence-electron chi connectivity index (χ1n) is 19.1. The molecule has 0 saturated heterocycles. The molecule has 4 nitrogen and oxygen atoms in total. The summed E-state index contributed by atoms with van der Waals surface area (Å²) in [6.07, 6.45) is 35.5. The van der Waals surface area contributed by atoms with E-state index in [2.05, 4.69) is 20.8 Å². The monoisotopic (exact) mass is 597 g/mol. The van der Waals surface area contributed by atoms with Crippen LogP contribution in [0, 0.1) is 0 Å². The van der Waals surface area contributed by atoms with Gasteiger partial charge in [-0.05, 0) is 32.1 Å². The van der Waals surface area contributed by atoms with Crippen molar-refractivity contribution in [1.29, 1.82) is 0 Å². The van der Waals surface area contributed by atoms with Crippen LogP contribution in [0.2, 0.25) is 0 Å². The minimum absolute atomic E-state index is 0.0171. The highest BCUT2D eigenvalue weighted by atomic mass is 16.5. The number of ether oxygens (including phenoxy) is 2. The van der Waals surface area contributed by atoms with E-state index < -0.39 is 0 Å². The maximum absolute atomic E-state index is 12.0. The number of hydrogen-bond donors (Lipinski definition) is 1. The fourth-order valence-corrected chi connectivity index (χ4v) is 5.82. The van der Waals surface area contributed by atoms with Gasteiger partial charge in [-0.3, -0.25) is 4.79 Å². The van der Waals surface area contributed by atoms with Crippen LogP contribution in [0.3, 0.4) is 0 Å². The zero-order chi connectivity index (χ0) is 30.8. The van der Waals surface area contributed by atoms with E-state index in [-0.39, 0.29) is 18.2 Å². The minimum Gasteiger partial charge on any atom is -0.466 e. The molecule has 0 aliphatic heterocycles. The second kappa shape index (κ2) is 34.9. The van der Waals surface area contributed by atoms with Gasteiger partial charge in [0.1, 0.15) is 0 Å². The molecule has 0 amide bonds. The SMILES string of the molecule is CCCCCCCCCCOC(=O)CCCCCCCC(OCCCCCCCCCC)C(O)CCCCCCCC. The van der Waals surface area contributed by atoms with E-state index >= 15 is 0 Å². The summed E-state index contributed by atoms with van der Waals surface area (Å²) in [6.45, 7) is 8.16. The van der Waals surface area contributed by atoms with Crippen LogP contribution < -0.4 is 0 Å². The highest BCUT2D eigenvalue weighted by Crippen LogP contribution is 2.19. The zero-order valence-electron chi connectivity index (χ0n) is 29.0. The highest BCUT2D eigenvalue weighted by molar-refractivity contribution is 5.69. The third-order valence-corrected chi connectivity index (χ3v) is 8.74. The van der Waals surface area contributed by atoms with Gasteiger partial charge in [0.05, 0.1) is 18.8 Å². The minimum atomic E-state index is -0.332. The van der Waals surface area contributed by atoms with Crippen molar-refractivity contribution in [3.05, 3.63) is 0 Å². The summed E-state index contributed by atoms with van der Waals surface area (Å²) >= 11 is 0. The number of esters is 1. The summed E-state index contributed by atoms with van der Waals surface area (Å²) in [5.41, 5.74) is 0. The third-order valence-electron chi connectivity index (χ3n) is 8.74. The number of hydrogen-bond acceptors (Lipinski definition) is 4. The molecular formula is C38H76O4. The number of carbonyl (C=O) groups is 1. The Labute approximate surface area is 263 Å². The molecule has 0 fully saturated rings. The first-order valence-corrected chi connectivity index (χ1v) is 19.1. The predicted octanol–water partition coefficient (Wildman–Crippen LogP) is 12.0. The molecule has 42 heavy (non-hydrogen) atoms. The van der Waals surface area contributed by atoms with Crippen molar-refractivity contribution in [3.63, 3.8) is 0 Å². The molecule has 4 heteroatoms. The quantitative estimate of drug-likeness (QED) is 0.0584. The van der Waals surface area contributed by atoms with E-state index in [9.17, 15) is 9.90 Å². The van der Waals surface area contributed by atoms with Crippen LogP contribution in [0.4, 0.5) is 0 Å². The van der Waals surface area contributed by atoms with Crippen molar-refractivity contribution in [1.82, 2.24) is 0 Å². The normalized spacial score (nSPS) is 13.0. The molecule has 0 aromatic rings. The molecule has 0 aliphatic rings. The smallest absolute Gasteiger partial charge is 0.305 e. The Kier molecular flexibility index (Phi) is 34.4. The zero-order valence-corrected chi connectivity index (χ0v) is 29.0. The summed E-state index contributed by atoms with van der Waals surface area (Å²) < 4.78 is 11.7. The van der Waals surface area contributed by atoms with Crippen molar-refractivity contribution in [2.75, 3.05) is 13.2 Å². The number of unbranched alkanes of at least 4 members (excludes halogenated alkanes) is 23. The largest absolute Gasteiger partial charge is 0.466 e. The Balaban J connectivity index is 3.98. The lowest BCUT2D eigenvalue weighted by atomic mass is 9.99. The molecule has 0 rings (SSSR count). The lowest BCUT2D eigenvalue weighted by molar-refractivity contribution is -0.143. The van der Waals surface area contributed by atoms with E-state index in [4.69, 9.17) is 9.47 Å². The molecule has 0 saturated carbocycles. The molecule has 0 bridgehead atoms. The van der Waals surface area contributed by atoms with Gasteiger partial charge in [-0.2, -0.15) is 0 Å². The molecule has 1 N–H and O–H groups in total. The summed E-state index contributed by atoms with van der Waals surface area (Å²) in [4.78, 5) is 12.0. The summed E-state index contributed by atoms with van der Waals surface area (Å²) in [5, 5.41) is 10.9. The van der Waals surface area contributed by atoms with Crippen LogP contribution in [0.15, 0.2) is 0 Å². The molecule has 2 unspecified atom stereocenters. The molecule has 0 aliphatic carbocycles. The van der Waals surface area contributed by atoms with E-state index in [0.29, 0.717) is 13.0 Å². The Morgan fingerprint density at radius 3 is 1.36 bits per heavy atom. The van der Waals surface area contributed by atoms with Gasteiger partial charge in [-0.15, -0.1) is 0 Å². The number of aliphatic hydroxyl groups is 1. The second-order valence-electron chi connectivity index (χ2n) is 13.0. The number of rotatable bonds is 35. The molecule has 252 valence electrons. The van der Waals surface area contributed by atoms with Crippen LogP contribution in [-0.4, -0.2) is 36.5 Å². The molecule has 0 aromatic heterocycles. The Hall–Kier alpha value is -0.610. The first kappa shape index (κ1) is 41.4. The van der Waals surface area contributed by atoms with Gasteiger partial charge in [-0.1, -0.05) is 175 Å². The number of carbonyl (C=O) groups excluding carboxylic acids is 1. The molecule has 0 spiro atoms. The van der Waals surface area contributed by atoms with Crippen molar-refractivity contribution < 1.29 is 19.4 Å². The molecule has 0 radical (unpaired) electrons. The summed E-state index contributed by atoms with van der Waals surface area (Å²) in [5.74, 6) is -0.0230. The molecule has 0 aromatic carbocycles. The average Bonchev–Trinajstić information content (AvgIpc) is 2.99. The maximum atomic E-state index is 12.0. The van der Waals surface area contributed by atoms with E-state index in [1.807, 2.05) is 0 Å². The molecular weight excluding hydrogens is 520 g/mol. The van der Waals surface area contributed by atoms with Crippen LogP contribution >= 0.6 is 0 Å². The molecule has 2 atom stereocenters. The fraction of sp³-hybridized carbons (Fsp3) is 0.974. The van der Waals surface area contributed by atoms with Gasteiger partial charge in [0.2, 0.25) is 0 Å². The second-order valence-corrected chi connectivity index (χ2v) is 13.0. The Morgan fingerprint density at radius 1 is 0.476 bits per heavy atom. The fourth-order valence-electron chi connectivity index (χ4n) is 5.82. The van der Waals surface area contributed by atoms with Gasteiger partial charge < -0.3 is 14.6 Å². The van der Waals surface area contributed by atoms with Crippen LogP contribution in [0.5, 0.6) is 0 Å². The highest BCUT2D eigenvalue weighted by Gasteiger charge is 2.19. The van der Waals surface area contributed by atoms with Crippen molar-refractivity contribution in [2.24, 2.45) is 0 Å². The predicted molar refractivity (Wildman–Crippen MR) is 182 cm³/mol.